The quantitative estimate of drug-likeness (QED) is 0.442. The van der Waals surface area contributed by atoms with Gasteiger partial charge in [0.25, 0.3) is 0 Å². The summed E-state index contributed by atoms with van der Waals surface area (Å²) in [6, 6.07) is 0.0688. The molecule has 3 nitrogen and oxygen atoms in total. The lowest BCUT2D eigenvalue weighted by atomic mass is 10.2. The predicted molar refractivity (Wildman–Crippen MR) is 46.7 cm³/mol. The summed E-state index contributed by atoms with van der Waals surface area (Å²) in [6.45, 7) is 4.24. The van der Waals surface area contributed by atoms with Gasteiger partial charge >= 0.3 is 5.97 Å². The van der Waals surface area contributed by atoms with Gasteiger partial charge in [-0.05, 0) is 25.8 Å². The molecule has 0 N–H and O–H groups in total. The minimum Gasteiger partial charge on any atom is -0.465 e. The molecule has 0 saturated carbocycles. The van der Waals surface area contributed by atoms with Crippen LogP contribution in [0.5, 0.6) is 0 Å². The van der Waals surface area contributed by atoms with Gasteiger partial charge in [-0.25, -0.2) is 0 Å². The molecule has 0 aromatic heterocycles. The third-order valence-corrected chi connectivity index (χ3v) is 2.29. The van der Waals surface area contributed by atoms with E-state index in [0.717, 1.165) is 12.8 Å². The zero-order valence-corrected chi connectivity index (χ0v) is 7.62. The molecule has 0 aromatic carbocycles. The van der Waals surface area contributed by atoms with Gasteiger partial charge in [-0.2, -0.15) is 0 Å². The van der Waals surface area contributed by atoms with E-state index in [2.05, 4.69) is 0 Å². The van der Waals surface area contributed by atoms with E-state index in [0.29, 0.717) is 12.6 Å². The Morgan fingerprint density at radius 1 is 1.67 bits per heavy atom. The molecule has 1 rings (SSSR count). The summed E-state index contributed by atoms with van der Waals surface area (Å²) in [4.78, 5) is 12.9. The summed E-state index contributed by atoms with van der Waals surface area (Å²) in [5.41, 5.74) is 0. The molecule has 0 unspecified atom stereocenters. The van der Waals surface area contributed by atoms with Gasteiger partial charge in [-0.3, -0.25) is 4.79 Å². The van der Waals surface area contributed by atoms with Crippen LogP contribution in [0.1, 0.15) is 26.7 Å². The number of hydrogen-bond donors (Lipinski definition) is 0. The maximum Gasteiger partial charge on any atom is 0.322 e. The van der Waals surface area contributed by atoms with E-state index < -0.39 is 0 Å². The van der Waals surface area contributed by atoms with Crippen LogP contribution in [0.4, 0.5) is 0 Å². The lowest BCUT2D eigenvalue weighted by molar-refractivity contribution is -0.147. The Hall–Kier alpha value is -0.505. The molecule has 0 aromatic rings. The third-order valence-electron chi connectivity index (χ3n) is 2.29. The molecule has 1 aliphatic rings. The van der Waals surface area contributed by atoms with Crippen LogP contribution >= 0.6 is 0 Å². The Kier molecular flexibility index (Phi) is 3.15. The van der Waals surface area contributed by atoms with Crippen LogP contribution in [0.3, 0.4) is 0 Å². The van der Waals surface area contributed by atoms with Crippen molar-refractivity contribution in [1.82, 2.24) is 4.81 Å². The predicted octanol–water partition coefficient (Wildman–Crippen LogP) is 0.486. The van der Waals surface area contributed by atoms with E-state index in [1.165, 1.54) is 0 Å². The SMILES string of the molecule is [B]N1[C@@H](C)CC[C@H]1C(=O)OCC. The highest BCUT2D eigenvalue weighted by Gasteiger charge is 2.32. The van der Waals surface area contributed by atoms with Gasteiger partial charge in [0.1, 0.15) is 0 Å². The lowest BCUT2D eigenvalue weighted by Crippen LogP contribution is -2.38. The molecule has 4 heteroatoms. The molecule has 66 valence electrons. The number of esters is 1. The van der Waals surface area contributed by atoms with Gasteiger partial charge in [-0.1, -0.05) is 6.92 Å². The van der Waals surface area contributed by atoms with Crippen molar-refractivity contribution in [3.05, 3.63) is 0 Å². The highest BCUT2D eigenvalue weighted by atomic mass is 16.5. The second kappa shape index (κ2) is 3.94. The van der Waals surface area contributed by atoms with Crippen LogP contribution in [0.25, 0.3) is 0 Å². The molecule has 1 fully saturated rings. The Bertz CT molecular complexity index is 174. The summed E-state index contributed by atoms with van der Waals surface area (Å²) in [7, 11) is 5.69. The monoisotopic (exact) mass is 167 g/mol. The topological polar surface area (TPSA) is 29.5 Å². The molecular weight excluding hydrogens is 153 g/mol. The summed E-state index contributed by atoms with van der Waals surface area (Å²) in [5.74, 6) is -0.190. The Morgan fingerprint density at radius 3 is 2.75 bits per heavy atom. The molecule has 12 heavy (non-hydrogen) atoms. The maximum atomic E-state index is 11.3. The first-order chi connectivity index (χ1) is 5.66. The second-order valence-electron chi connectivity index (χ2n) is 3.14. The summed E-state index contributed by atoms with van der Waals surface area (Å²) in [6.07, 6.45) is 1.79. The fourth-order valence-corrected chi connectivity index (χ4v) is 1.48. The van der Waals surface area contributed by atoms with Crippen molar-refractivity contribution in [2.75, 3.05) is 6.61 Å². The molecule has 0 bridgehead atoms. The van der Waals surface area contributed by atoms with E-state index in [9.17, 15) is 4.79 Å². The number of hydrogen-bond acceptors (Lipinski definition) is 3. The van der Waals surface area contributed by atoms with E-state index in [1.54, 1.807) is 11.7 Å². The smallest absolute Gasteiger partial charge is 0.322 e. The second-order valence-corrected chi connectivity index (χ2v) is 3.14. The fourth-order valence-electron chi connectivity index (χ4n) is 1.48. The average Bonchev–Trinajstić information content (AvgIpc) is 2.34. The molecule has 0 spiro atoms. The summed E-state index contributed by atoms with van der Waals surface area (Å²) >= 11 is 0. The van der Waals surface area contributed by atoms with Crippen molar-refractivity contribution in [2.24, 2.45) is 0 Å². The van der Waals surface area contributed by atoms with E-state index in [-0.39, 0.29) is 12.0 Å². The molecule has 1 saturated heterocycles. The lowest BCUT2D eigenvalue weighted by Gasteiger charge is -2.21. The summed E-state index contributed by atoms with van der Waals surface area (Å²) < 4.78 is 4.88. The first-order valence-corrected chi connectivity index (χ1v) is 4.36. The normalized spacial score (nSPS) is 30.5. The van der Waals surface area contributed by atoms with Crippen LogP contribution in [0, 0.1) is 0 Å². The van der Waals surface area contributed by atoms with Crippen LogP contribution in [-0.2, 0) is 9.53 Å². The number of nitrogens with zero attached hydrogens (tertiary/aromatic N) is 1. The van der Waals surface area contributed by atoms with Gasteiger partial charge in [0.15, 0.2) is 7.98 Å². The number of rotatable bonds is 2. The Balaban J connectivity index is 2.47. The highest BCUT2D eigenvalue weighted by Crippen LogP contribution is 2.21. The van der Waals surface area contributed by atoms with Gasteiger partial charge < -0.3 is 9.55 Å². The largest absolute Gasteiger partial charge is 0.465 e. The molecule has 2 atom stereocenters. The van der Waals surface area contributed by atoms with Gasteiger partial charge in [0.05, 0.1) is 12.6 Å². The third kappa shape index (κ3) is 1.80. The summed E-state index contributed by atoms with van der Waals surface area (Å²) in [5, 5.41) is 0. The fraction of sp³-hybridized carbons (Fsp3) is 0.875. The molecule has 2 radical (unpaired) electrons. The van der Waals surface area contributed by atoms with Crippen molar-refractivity contribution in [1.29, 1.82) is 0 Å². The number of carbonyl (C=O) groups is 1. The van der Waals surface area contributed by atoms with Crippen LogP contribution < -0.4 is 0 Å². The zero-order chi connectivity index (χ0) is 9.14. The first kappa shape index (κ1) is 9.58. The first-order valence-electron chi connectivity index (χ1n) is 4.36. The minimum absolute atomic E-state index is 0.190. The molecule has 1 heterocycles. The van der Waals surface area contributed by atoms with Crippen LogP contribution in [0.2, 0.25) is 0 Å². The standard InChI is InChI=1S/C8H14BNO2/c1-3-12-8(11)7-5-4-6(2)10(7)9/h6-7H,3-5H2,1-2H3/t6-,7-/m0/s1. The van der Waals surface area contributed by atoms with Crippen molar-refractivity contribution < 1.29 is 9.53 Å². The van der Waals surface area contributed by atoms with Gasteiger partial charge in [0.2, 0.25) is 0 Å². The van der Waals surface area contributed by atoms with Crippen molar-refractivity contribution in [3.63, 3.8) is 0 Å². The van der Waals surface area contributed by atoms with Gasteiger partial charge in [-0.15, -0.1) is 0 Å². The van der Waals surface area contributed by atoms with Gasteiger partial charge in [0, 0.05) is 0 Å². The van der Waals surface area contributed by atoms with Crippen LogP contribution in [0.15, 0.2) is 0 Å². The van der Waals surface area contributed by atoms with Crippen molar-refractivity contribution >= 4 is 14.0 Å². The van der Waals surface area contributed by atoms with E-state index in [1.807, 2.05) is 6.92 Å². The maximum absolute atomic E-state index is 11.3. The molecule has 0 amide bonds. The van der Waals surface area contributed by atoms with E-state index >= 15 is 0 Å². The molecule has 1 aliphatic heterocycles. The van der Waals surface area contributed by atoms with Crippen molar-refractivity contribution in [3.8, 4) is 0 Å². The minimum atomic E-state index is -0.222. The Labute approximate surface area is 74.5 Å². The van der Waals surface area contributed by atoms with Crippen molar-refractivity contribution in [2.45, 2.75) is 38.8 Å². The molecule has 0 aliphatic carbocycles. The number of ether oxygens (including phenoxy) is 1. The average molecular weight is 167 g/mol. The number of carbonyl (C=O) groups excluding carboxylic acids is 1. The zero-order valence-electron chi connectivity index (χ0n) is 7.62. The van der Waals surface area contributed by atoms with Crippen LogP contribution in [-0.4, -0.2) is 37.5 Å². The molecular formula is C8H14BNO2. The Morgan fingerprint density at radius 2 is 2.33 bits per heavy atom. The highest BCUT2D eigenvalue weighted by molar-refractivity contribution is 6.06. The van der Waals surface area contributed by atoms with E-state index in [4.69, 9.17) is 12.7 Å².